The SMILES string of the molecule is CC(=O)N[C@H]1CCN(C(=O)C2=Cc3c(N[C@H](C)c4cc(N)cc(C(F)(F)F)c4)nc(C)nc3C(=C=O)N2C)C1. The number of nitrogens with two attached hydrogens (primary N) is 1. The molecule has 2 aromatic rings. The first-order valence-electron chi connectivity index (χ1n) is 12.2. The predicted molar refractivity (Wildman–Crippen MR) is 138 cm³/mol. The number of likely N-dealkylation sites (tertiary alicyclic amines) is 1. The summed E-state index contributed by atoms with van der Waals surface area (Å²) in [6.45, 7) is 5.38. The zero-order chi connectivity index (χ0) is 28.6. The zero-order valence-electron chi connectivity index (χ0n) is 21.8. The van der Waals surface area contributed by atoms with Gasteiger partial charge in [0.1, 0.15) is 23.0 Å². The lowest BCUT2D eigenvalue weighted by atomic mass is 10.0. The van der Waals surface area contributed by atoms with Crippen molar-refractivity contribution in [3.63, 3.8) is 0 Å². The Bertz CT molecular complexity index is 1420. The van der Waals surface area contributed by atoms with Gasteiger partial charge in [-0.05, 0) is 50.1 Å². The van der Waals surface area contributed by atoms with E-state index < -0.39 is 17.8 Å². The minimum atomic E-state index is -4.57. The predicted octanol–water partition coefficient (Wildman–Crippen LogP) is 2.75. The van der Waals surface area contributed by atoms with Crippen LogP contribution >= 0.6 is 0 Å². The van der Waals surface area contributed by atoms with Crippen molar-refractivity contribution >= 4 is 41.0 Å². The second kappa shape index (κ2) is 10.4. The first-order chi connectivity index (χ1) is 18.3. The van der Waals surface area contributed by atoms with Crippen LogP contribution in [0.25, 0.3) is 11.8 Å². The fraction of sp³-hybridized carbons (Fsp3) is 0.385. The van der Waals surface area contributed by atoms with Gasteiger partial charge in [0.2, 0.25) is 5.91 Å². The molecule has 4 rings (SSSR count). The van der Waals surface area contributed by atoms with E-state index in [1.807, 2.05) is 5.94 Å². The standard InChI is InChI=1S/C26H28F3N7O3/c1-13(16-7-17(26(27,28)29)9-18(30)8-16)31-24-20-10-21(25(39)36-6-5-19(11-36)34-15(3)38)35(4)22(12-37)23(20)32-14(2)33-24/h7-10,13,19H,5-6,11,30H2,1-4H3,(H,34,38)(H,31,32,33)/t13-,19+/m1/s1. The van der Waals surface area contributed by atoms with Crippen molar-refractivity contribution in [2.75, 3.05) is 31.2 Å². The molecule has 0 radical (unpaired) electrons. The molecule has 1 saturated heterocycles. The van der Waals surface area contributed by atoms with E-state index in [0.717, 1.165) is 12.1 Å². The molecule has 10 nitrogen and oxygen atoms in total. The third-order valence-electron chi connectivity index (χ3n) is 6.62. The van der Waals surface area contributed by atoms with Gasteiger partial charge in [-0.25, -0.2) is 14.8 Å². The minimum Gasteiger partial charge on any atom is -0.399 e. The summed E-state index contributed by atoms with van der Waals surface area (Å²) in [6, 6.07) is 2.43. The summed E-state index contributed by atoms with van der Waals surface area (Å²) in [5, 5.41) is 5.90. The number of nitrogen functional groups attached to an aromatic ring is 1. The Kier molecular flexibility index (Phi) is 7.38. The number of halogens is 3. The van der Waals surface area contributed by atoms with Crippen molar-refractivity contribution in [2.45, 2.75) is 45.5 Å². The monoisotopic (exact) mass is 543 g/mol. The number of nitrogens with zero attached hydrogens (tertiary/aromatic N) is 4. The van der Waals surface area contributed by atoms with Crippen LogP contribution < -0.4 is 16.4 Å². The van der Waals surface area contributed by atoms with Crippen molar-refractivity contribution in [1.29, 1.82) is 0 Å². The molecule has 13 heteroatoms. The molecule has 0 bridgehead atoms. The molecule has 1 aromatic heterocycles. The Morgan fingerprint density at radius 2 is 1.95 bits per heavy atom. The van der Waals surface area contributed by atoms with Gasteiger partial charge in [-0.2, -0.15) is 13.2 Å². The first kappa shape index (κ1) is 27.6. The number of fused-ring (bicyclic) bond motifs is 1. The van der Waals surface area contributed by atoms with Gasteiger partial charge in [0.25, 0.3) is 5.91 Å². The van der Waals surface area contributed by atoms with Gasteiger partial charge >= 0.3 is 6.18 Å². The first-order valence-corrected chi connectivity index (χ1v) is 12.2. The maximum Gasteiger partial charge on any atom is 0.416 e. The molecule has 2 amide bonds. The normalized spacial score (nSPS) is 17.8. The fourth-order valence-corrected chi connectivity index (χ4v) is 4.73. The van der Waals surface area contributed by atoms with E-state index in [-0.39, 0.29) is 52.0 Å². The average molecular weight is 544 g/mol. The number of carbonyl (C=O) groups is 2. The Morgan fingerprint density at radius 3 is 2.59 bits per heavy atom. The number of carbonyl (C=O) groups excluding carboxylic acids is 3. The maximum absolute atomic E-state index is 13.5. The molecule has 4 N–H and O–H groups in total. The molecule has 39 heavy (non-hydrogen) atoms. The number of alkyl halides is 3. The maximum atomic E-state index is 13.5. The molecule has 2 atom stereocenters. The summed E-state index contributed by atoms with van der Waals surface area (Å²) in [6.07, 6.45) is -2.45. The number of likely N-dealkylation sites (N-methyl/N-ethyl adjacent to an activating group) is 1. The van der Waals surface area contributed by atoms with E-state index in [1.54, 1.807) is 31.9 Å². The van der Waals surface area contributed by atoms with Gasteiger partial charge in [0.05, 0.1) is 11.6 Å². The molecule has 2 aliphatic rings. The van der Waals surface area contributed by atoms with Crippen molar-refractivity contribution in [3.8, 4) is 0 Å². The van der Waals surface area contributed by atoms with E-state index in [9.17, 15) is 27.6 Å². The lowest BCUT2D eigenvalue weighted by Gasteiger charge is -2.31. The van der Waals surface area contributed by atoms with Crippen LogP contribution in [0.4, 0.5) is 24.7 Å². The van der Waals surface area contributed by atoms with Gasteiger partial charge < -0.3 is 26.2 Å². The van der Waals surface area contributed by atoms with Crippen LogP contribution in [0.1, 0.15) is 54.5 Å². The molecule has 1 aromatic carbocycles. The van der Waals surface area contributed by atoms with Crippen LogP contribution in [0.15, 0.2) is 23.9 Å². The molecule has 3 heterocycles. The molecular formula is C26H28F3N7O3. The van der Waals surface area contributed by atoms with Gasteiger partial charge in [-0.1, -0.05) is 0 Å². The van der Waals surface area contributed by atoms with E-state index in [1.165, 1.54) is 17.9 Å². The molecule has 2 aliphatic heterocycles. The van der Waals surface area contributed by atoms with E-state index in [2.05, 4.69) is 20.6 Å². The lowest BCUT2D eigenvalue weighted by Crippen LogP contribution is -2.40. The molecular weight excluding hydrogens is 515 g/mol. The molecule has 0 spiro atoms. The Labute approximate surface area is 222 Å². The Morgan fingerprint density at radius 1 is 1.23 bits per heavy atom. The number of hydrogen-bond acceptors (Lipinski definition) is 8. The number of amides is 2. The topological polar surface area (TPSA) is 134 Å². The number of aromatic nitrogens is 2. The number of benzene rings is 1. The van der Waals surface area contributed by atoms with Crippen LogP contribution in [0.5, 0.6) is 0 Å². The van der Waals surface area contributed by atoms with E-state index >= 15 is 0 Å². The third-order valence-corrected chi connectivity index (χ3v) is 6.62. The lowest BCUT2D eigenvalue weighted by molar-refractivity contribution is -0.137. The Balaban J connectivity index is 1.71. The van der Waals surface area contributed by atoms with Crippen LogP contribution in [-0.4, -0.2) is 63.7 Å². The summed E-state index contributed by atoms with van der Waals surface area (Å²) in [5.41, 5.74) is 5.82. The van der Waals surface area contributed by atoms with Crippen LogP contribution in [-0.2, 0) is 20.6 Å². The highest BCUT2D eigenvalue weighted by Gasteiger charge is 2.35. The van der Waals surface area contributed by atoms with E-state index in [4.69, 9.17) is 5.73 Å². The summed E-state index contributed by atoms with van der Waals surface area (Å²) in [4.78, 5) is 48.7. The largest absolute Gasteiger partial charge is 0.416 e. The summed E-state index contributed by atoms with van der Waals surface area (Å²) in [5.74, 6) is 1.82. The summed E-state index contributed by atoms with van der Waals surface area (Å²) >= 11 is 0. The molecule has 0 saturated carbocycles. The number of rotatable bonds is 5. The Hall–Kier alpha value is -4.38. The number of anilines is 2. The second-order valence-corrected chi connectivity index (χ2v) is 9.61. The fourth-order valence-electron chi connectivity index (χ4n) is 4.73. The molecule has 1 fully saturated rings. The number of aryl methyl sites for hydroxylation is 1. The van der Waals surface area contributed by atoms with Crippen molar-refractivity contribution < 1.29 is 27.6 Å². The zero-order valence-corrected chi connectivity index (χ0v) is 21.8. The summed E-state index contributed by atoms with van der Waals surface area (Å²) in [7, 11) is 1.55. The van der Waals surface area contributed by atoms with Gasteiger partial charge in [0.15, 0.2) is 11.6 Å². The van der Waals surface area contributed by atoms with E-state index in [0.29, 0.717) is 30.9 Å². The molecule has 0 unspecified atom stereocenters. The second-order valence-electron chi connectivity index (χ2n) is 9.61. The highest BCUT2D eigenvalue weighted by molar-refractivity contribution is 6.05. The average Bonchev–Trinajstić information content (AvgIpc) is 3.30. The van der Waals surface area contributed by atoms with Crippen LogP contribution in [0.3, 0.4) is 0 Å². The van der Waals surface area contributed by atoms with Crippen molar-refractivity contribution in [2.24, 2.45) is 0 Å². The quantitative estimate of drug-likeness (QED) is 0.387. The van der Waals surface area contributed by atoms with Gasteiger partial charge in [-0.3, -0.25) is 9.59 Å². The van der Waals surface area contributed by atoms with Crippen molar-refractivity contribution in [1.82, 2.24) is 25.1 Å². The molecule has 0 aliphatic carbocycles. The number of nitrogens with one attached hydrogen (secondary N) is 2. The highest BCUT2D eigenvalue weighted by atomic mass is 19.4. The van der Waals surface area contributed by atoms with Gasteiger partial charge in [-0.15, -0.1) is 0 Å². The highest BCUT2D eigenvalue weighted by Crippen LogP contribution is 2.37. The molecule has 206 valence electrons. The van der Waals surface area contributed by atoms with Crippen LogP contribution in [0.2, 0.25) is 0 Å². The minimum absolute atomic E-state index is 0.0120. The van der Waals surface area contributed by atoms with Gasteiger partial charge in [0, 0.05) is 44.4 Å². The third kappa shape index (κ3) is 5.73. The van der Waals surface area contributed by atoms with Crippen molar-refractivity contribution in [3.05, 3.63) is 52.1 Å². The number of hydrogen-bond donors (Lipinski definition) is 3. The smallest absolute Gasteiger partial charge is 0.399 e. The van der Waals surface area contributed by atoms with Crippen LogP contribution in [0, 0.1) is 6.92 Å². The summed E-state index contributed by atoms with van der Waals surface area (Å²) < 4.78 is 40.1.